The van der Waals surface area contributed by atoms with Crippen molar-refractivity contribution < 1.29 is 13.5 Å². The van der Waals surface area contributed by atoms with Gasteiger partial charge in [0.05, 0.1) is 0 Å². The standard InChI is InChI=1S/C24H36F2O/c1-3-7-18(2)24(16-5-4-6-17-24)21-12-8-19(9-13-21)20-10-14-22(15-11-20)27-23(25)26/h10-11,14-15,18-19,21,23H,3-9,12-13,16-17H2,1-2H3. The molecule has 2 fully saturated rings. The van der Waals surface area contributed by atoms with Crippen LogP contribution in [-0.4, -0.2) is 6.61 Å². The van der Waals surface area contributed by atoms with Crippen LogP contribution in [0.2, 0.25) is 0 Å². The molecule has 27 heavy (non-hydrogen) atoms. The van der Waals surface area contributed by atoms with Crippen molar-refractivity contribution >= 4 is 0 Å². The van der Waals surface area contributed by atoms with Gasteiger partial charge in [0.2, 0.25) is 0 Å². The topological polar surface area (TPSA) is 9.23 Å². The molecule has 1 nitrogen and oxygen atoms in total. The minimum Gasteiger partial charge on any atom is -0.435 e. The molecule has 2 aliphatic carbocycles. The van der Waals surface area contributed by atoms with Crippen molar-refractivity contribution in [3.63, 3.8) is 0 Å². The Morgan fingerprint density at radius 1 is 1.00 bits per heavy atom. The van der Waals surface area contributed by atoms with Crippen molar-refractivity contribution in [2.24, 2.45) is 17.3 Å². The number of alkyl halides is 2. The Kier molecular flexibility index (Phi) is 7.16. The number of halogens is 2. The number of benzene rings is 1. The van der Waals surface area contributed by atoms with Crippen molar-refractivity contribution in [2.45, 2.75) is 97.0 Å². The molecule has 0 radical (unpaired) electrons. The van der Waals surface area contributed by atoms with Crippen LogP contribution in [0.3, 0.4) is 0 Å². The van der Waals surface area contributed by atoms with E-state index >= 15 is 0 Å². The minimum atomic E-state index is -2.75. The Bertz CT molecular complexity index is 554. The van der Waals surface area contributed by atoms with Crippen LogP contribution in [-0.2, 0) is 0 Å². The van der Waals surface area contributed by atoms with Gasteiger partial charge in [-0.2, -0.15) is 8.78 Å². The van der Waals surface area contributed by atoms with Gasteiger partial charge in [-0.1, -0.05) is 58.1 Å². The summed E-state index contributed by atoms with van der Waals surface area (Å²) in [5, 5.41) is 0. The SMILES string of the molecule is CCCC(C)C1(C2CCC(c3ccc(OC(F)F)cc3)CC2)CCCCC1. The zero-order chi connectivity index (χ0) is 19.3. The van der Waals surface area contributed by atoms with E-state index in [-0.39, 0.29) is 5.75 Å². The summed E-state index contributed by atoms with van der Waals surface area (Å²) in [6.45, 7) is 2.09. The Hall–Kier alpha value is -1.12. The number of hydrogen-bond acceptors (Lipinski definition) is 1. The second-order valence-electron chi connectivity index (χ2n) is 8.98. The smallest absolute Gasteiger partial charge is 0.387 e. The summed E-state index contributed by atoms with van der Waals surface area (Å²) in [6, 6.07) is 7.36. The molecule has 0 N–H and O–H groups in total. The first-order valence-electron chi connectivity index (χ1n) is 11.1. The molecule has 2 saturated carbocycles. The van der Waals surface area contributed by atoms with E-state index in [1.165, 1.54) is 76.2 Å². The second-order valence-corrected chi connectivity index (χ2v) is 8.98. The molecule has 3 rings (SSSR count). The zero-order valence-corrected chi connectivity index (χ0v) is 17.1. The molecule has 1 unspecified atom stereocenters. The van der Waals surface area contributed by atoms with E-state index in [4.69, 9.17) is 0 Å². The maximum absolute atomic E-state index is 12.3. The monoisotopic (exact) mass is 378 g/mol. The third-order valence-corrected chi connectivity index (χ3v) is 7.60. The first-order valence-corrected chi connectivity index (χ1v) is 11.1. The molecule has 0 spiro atoms. The van der Waals surface area contributed by atoms with Crippen molar-refractivity contribution in [1.82, 2.24) is 0 Å². The summed E-state index contributed by atoms with van der Waals surface area (Å²) in [5.74, 6) is 2.55. The van der Waals surface area contributed by atoms with Crippen LogP contribution in [0.25, 0.3) is 0 Å². The fraction of sp³-hybridized carbons (Fsp3) is 0.750. The van der Waals surface area contributed by atoms with Crippen LogP contribution in [0, 0.1) is 17.3 Å². The predicted octanol–water partition coefficient (Wildman–Crippen LogP) is 7.95. The average molecular weight is 379 g/mol. The van der Waals surface area contributed by atoms with Gasteiger partial charge in [0.1, 0.15) is 5.75 Å². The zero-order valence-electron chi connectivity index (χ0n) is 17.1. The largest absolute Gasteiger partial charge is 0.435 e. The normalized spacial score (nSPS) is 26.7. The van der Waals surface area contributed by atoms with E-state index in [9.17, 15) is 8.78 Å². The van der Waals surface area contributed by atoms with Gasteiger partial charge < -0.3 is 4.74 Å². The van der Waals surface area contributed by atoms with Gasteiger partial charge in [0.15, 0.2) is 0 Å². The van der Waals surface area contributed by atoms with Gasteiger partial charge >= 0.3 is 6.61 Å². The van der Waals surface area contributed by atoms with Gasteiger partial charge in [-0.05, 0) is 79.4 Å². The lowest BCUT2D eigenvalue weighted by atomic mass is 9.55. The van der Waals surface area contributed by atoms with Gasteiger partial charge in [-0.25, -0.2) is 0 Å². The number of hydrogen-bond donors (Lipinski definition) is 0. The highest BCUT2D eigenvalue weighted by Crippen LogP contribution is 2.55. The number of ether oxygens (including phenoxy) is 1. The molecule has 152 valence electrons. The highest BCUT2D eigenvalue weighted by Gasteiger charge is 2.44. The summed E-state index contributed by atoms with van der Waals surface area (Å²) in [6.07, 6.45) is 14.9. The molecular formula is C24H36F2O. The van der Waals surface area contributed by atoms with Crippen LogP contribution >= 0.6 is 0 Å². The van der Waals surface area contributed by atoms with Crippen molar-refractivity contribution in [1.29, 1.82) is 0 Å². The van der Waals surface area contributed by atoms with E-state index in [0.29, 0.717) is 11.3 Å². The second kappa shape index (κ2) is 9.39. The quantitative estimate of drug-likeness (QED) is 0.468. The third kappa shape index (κ3) is 4.84. The fourth-order valence-corrected chi connectivity index (χ4v) is 6.16. The molecule has 0 amide bonds. The maximum Gasteiger partial charge on any atom is 0.387 e. The number of rotatable bonds is 7. The minimum absolute atomic E-state index is 0.261. The Morgan fingerprint density at radius 3 is 2.19 bits per heavy atom. The average Bonchev–Trinajstić information content (AvgIpc) is 2.69. The summed E-state index contributed by atoms with van der Waals surface area (Å²) >= 11 is 0. The van der Waals surface area contributed by atoms with Crippen molar-refractivity contribution in [3.05, 3.63) is 29.8 Å². The molecule has 0 saturated heterocycles. The van der Waals surface area contributed by atoms with E-state index in [2.05, 4.69) is 18.6 Å². The van der Waals surface area contributed by atoms with Crippen LogP contribution < -0.4 is 4.74 Å². The third-order valence-electron chi connectivity index (χ3n) is 7.60. The van der Waals surface area contributed by atoms with Gasteiger partial charge in [-0.15, -0.1) is 0 Å². The maximum atomic E-state index is 12.3. The molecule has 0 aromatic heterocycles. The van der Waals surface area contributed by atoms with Crippen LogP contribution in [0.15, 0.2) is 24.3 Å². The summed E-state index contributed by atoms with van der Waals surface area (Å²) in [5.41, 5.74) is 1.86. The van der Waals surface area contributed by atoms with Crippen molar-refractivity contribution in [3.8, 4) is 5.75 Å². The first kappa shape index (κ1) is 20.6. The molecule has 1 aromatic carbocycles. The summed E-state index contributed by atoms with van der Waals surface area (Å²) < 4.78 is 29.1. The molecular weight excluding hydrogens is 342 g/mol. The van der Waals surface area contributed by atoms with Crippen LogP contribution in [0.1, 0.15) is 96.0 Å². The van der Waals surface area contributed by atoms with E-state index < -0.39 is 6.61 Å². The molecule has 0 bridgehead atoms. The van der Waals surface area contributed by atoms with Crippen molar-refractivity contribution in [2.75, 3.05) is 0 Å². The van der Waals surface area contributed by atoms with E-state index in [1.807, 2.05) is 12.1 Å². The lowest BCUT2D eigenvalue weighted by Gasteiger charge is -2.50. The summed E-state index contributed by atoms with van der Waals surface area (Å²) in [7, 11) is 0. The van der Waals surface area contributed by atoms with Crippen LogP contribution in [0.4, 0.5) is 8.78 Å². The first-order chi connectivity index (χ1) is 13.0. The molecule has 0 aliphatic heterocycles. The van der Waals surface area contributed by atoms with E-state index in [0.717, 1.165) is 11.8 Å². The van der Waals surface area contributed by atoms with Gasteiger partial charge in [0.25, 0.3) is 0 Å². The highest BCUT2D eigenvalue weighted by molar-refractivity contribution is 5.29. The van der Waals surface area contributed by atoms with Gasteiger partial charge in [0, 0.05) is 0 Å². The lowest BCUT2D eigenvalue weighted by molar-refractivity contribution is -0.0498. The summed E-state index contributed by atoms with van der Waals surface area (Å²) in [4.78, 5) is 0. The Labute approximate surface area is 163 Å². The molecule has 0 heterocycles. The lowest BCUT2D eigenvalue weighted by Crippen LogP contribution is -2.40. The Morgan fingerprint density at radius 2 is 1.63 bits per heavy atom. The van der Waals surface area contributed by atoms with Gasteiger partial charge in [-0.3, -0.25) is 0 Å². The molecule has 3 heteroatoms. The predicted molar refractivity (Wildman–Crippen MR) is 107 cm³/mol. The molecule has 2 aliphatic rings. The highest BCUT2D eigenvalue weighted by atomic mass is 19.3. The fourth-order valence-electron chi connectivity index (χ4n) is 6.16. The molecule has 1 atom stereocenters. The molecule has 1 aromatic rings. The van der Waals surface area contributed by atoms with Crippen LogP contribution in [0.5, 0.6) is 5.75 Å². The van der Waals surface area contributed by atoms with E-state index in [1.54, 1.807) is 12.1 Å². The Balaban J connectivity index is 1.63.